The first-order valence-corrected chi connectivity index (χ1v) is 6.58. The predicted octanol–water partition coefficient (Wildman–Crippen LogP) is 3.33. The number of rotatable bonds is 5. The molecule has 0 aromatic heterocycles. The minimum Gasteiger partial charge on any atom is -0.393 e. The highest BCUT2D eigenvalue weighted by Crippen LogP contribution is 2.25. The number of hydrogen-bond acceptors (Lipinski definition) is 2. The van der Waals surface area contributed by atoms with Crippen LogP contribution in [0.4, 0.5) is 0 Å². The summed E-state index contributed by atoms with van der Waals surface area (Å²) in [7, 11) is 0. The van der Waals surface area contributed by atoms with Gasteiger partial charge in [-0.3, -0.25) is 4.79 Å². The normalized spacial score (nSPS) is 14.1. The van der Waals surface area contributed by atoms with Crippen molar-refractivity contribution >= 4 is 29.1 Å². The molecule has 2 unspecified atom stereocenters. The van der Waals surface area contributed by atoms with E-state index in [2.05, 4.69) is 5.32 Å². The molecule has 1 aromatic carbocycles. The molecule has 0 heterocycles. The summed E-state index contributed by atoms with van der Waals surface area (Å²) in [6, 6.07) is 5.14. The minimum atomic E-state index is -0.462. The van der Waals surface area contributed by atoms with Crippen LogP contribution in [0.25, 0.3) is 0 Å². The second-order valence-corrected chi connectivity index (χ2v) is 5.16. The van der Waals surface area contributed by atoms with Gasteiger partial charge < -0.3 is 10.4 Å². The third kappa shape index (κ3) is 4.84. The van der Waals surface area contributed by atoms with Crippen molar-refractivity contribution in [1.82, 2.24) is 5.32 Å². The van der Waals surface area contributed by atoms with Crippen LogP contribution in [0.15, 0.2) is 18.2 Å². The lowest BCUT2D eigenvalue weighted by molar-refractivity contribution is -0.122. The fourth-order valence-corrected chi connectivity index (χ4v) is 1.83. The van der Waals surface area contributed by atoms with Gasteiger partial charge in [0.25, 0.3) is 0 Å². The van der Waals surface area contributed by atoms with Crippen molar-refractivity contribution in [2.75, 3.05) is 0 Å². The SMILES string of the molecule is CC(O)CCC(=O)NC(C)c1ccc(Cl)c(Cl)c1. The van der Waals surface area contributed by atoms with Gasteiger partial charge >= 0.3 is 0 Å². The molecule has 0 radical (unpaired) electrons. The first-order valence-electron chi connectivity index (χ1n) is 5.82. The molecule has 0 aliphatic carbocycles. The lowest BCUT2D eigenvalue weighted by atomic mass is 10.1. The van der Waals surface area contributed by atoms with E-state index in [1.165, 1.54) is 0 Å². The largest absolute Gasteiger partial charge is 0.393 e. The molecule has 0 fully saturated rings. The van der Waals surface area contributed by atoms with Gasteiger partial charge in [0.05, 0.1) is 22.2 Å². The molecule has 0 aliphatic rings. The second-order valence-electron chi connectivity index (χ2n) is 4.35. The van der Waals surface area contributed by atoms with Crippen LogP contribution in [0.3, 0.4) is 0 Å². The first kappa shape index (κ1) is 15.3. The zero-order valence-electron chi connectivity index (χ0n) is 10.4. The molecule has 100 valence electrons. The zero-order chi connectivity index (χ0) is 13.7. The third-order valence-corrected chi connectivity index (χ3v) is 3.35. The maximum absolute atomic E-state index is 11.6. The highest BCUT2D eigenvalue weighted by Gasteiger charge is 2.11. The summed E-state index contributed by atoms with van der Waals surface area (Å²) >= 11 is 11.7. The molecule has 0 bridgehead atoms. The molecule has 1 aromatic rings. The topological polar surface area (TPSA) is 49.3 Å². The van der Waals surface area contributed by atoms with Gasteiger partial charge in [0.1, 0.15) is 0 Å². The maximum Gasteiger partial charge on any atom is 0.220 e. The van der Waals surface area contributed by atoms with Gasteiger partial charge in [0.15, 0.2) is 0 Å². The number of aliphatic hydroxyl groups is 1. The number of nitrogens with one attached hydrogen (secondary N) is 1. The van der Waals surface area contributed by atoms with Gasteiger partial charge in [-0.1, -0.05) is 29.3 Å². The van der Waals surface area contributed by atoms with Crippen LogP contribution in [0.1, 0.15) is 38.3 Å². The first-order chi connectivity index (χ1) is 8.40. The average molecular weight is 290 g/mol. The smallest absolute Gasteiger partial charge is 0.220 e. The Morgan fingerprint density at radius 2 is 2.00 bits per heavy atom. The van der Waals surface area contributed by atoms with E-state index < -0.39 is 6.10 Å². The van der Waals surface area contributed by atoms with E-state index in [1.54, 1.807) is 19.1 Å². The quantitative estimate of drug-likeness (QED) is 0.874. The van der Waals surface area contributed by atoms with E-state index >= 15 is 0 Å². The van der Waals surface area contributed by atoms with Crippen LogP contribution in [-0.4, -0.2) is 17.1 Å². The van der Waals surface area contributed by atoms with Crippen molar-refractivity contribution in [3.05, 3.63) is 33.8 Å². The van der Waals surface area contributed by atoms with Crippen LogP contribution >= 0.6 is 23.2 Å². The van der Waals surface area contributed by atoms with Crippen LogP contribution in [-0.2, 0) is 4.79 Å². The Labute approximate surface area is 117 Å². The van der Waals surface area contributed by atoms with E-state index in [9.17, 15) is 4.79 Å². The van der Waals surface area contributed by atoms with E-state index in [1.807, 2.05) is 13.0 Å². The Bertz CT molecular complexity index is 421. The van der Waals surface area contributed by atoms with Crippen LogP contribution < -0.4 is 5.32 Å². The van der Waals surface area contributed by atoms with Crippen LogP contribution in [0.5, 0.6) is 0 Å². The van der Waals surface area contributed by atoms with Crippen molar-refractivity contribution in [1.29, 1.82) is 0 Å². The summed E-state index contributed by atoms with van der Waals surface area (Å²) in [6.07, 6.45) is 0.305. The van der Waals surface area contributed by atoms with E-state index in [4.69, 9.17) is 28.3 Å². The van der Waals surface area contributed by atoms with Crippen LogP contribution in [0, 0.1) is 0 Å². The number of carbonyl (C=O) groups is 1. The molecular formula is C13H17Cl2NO2. The number of halogens is 2. The fourth-order valence-electron chi connectivity index (χ4n) is 1.52. The summed E-state index contributed by atoms with van der Waals surface area (Å²) in [5, 5.41) is 12.9. The summed E-state index contributed by atoms with van der Waals surface area (Å²) in [5.41, 5.74) is 0.898. The summed E-state index contributed by atoms with van der Waals surface area (Å²) in [5.74, 6) is -0.0885. The summed E-state index contributed by atoms with van der Waals surface area (Å²) in [4.78, 5) is 11.6. The highest BCUT2D eigenvalue weighted by molar-refractivity contribution is 6.42. The Morgan fingerprint density at radius 3 is 2.56 bits per heavy atom. The van der Waals surface area contributed by atoms with Gasteiger partial charge in [-0.05, 0) is 38.0 Å². The van der Waals surface area contributed by atoms with E-state index in [0.717, 1.165) is 5.56 Å². The predicted molar refractivity (Wildman–Crippen MR) is 73.9 cm³/mol. The second kappa shape index (κ2) is 6.98. The molecule has 1 amide bonds. The van der Waals surface area contributed by atoms with Gasteiger partial charge in [0, 0.05) is 6.42 Å². The molecular weight excluding hydrogens is 273 g/mol. The van der Waals surface area contributed by atoms with E-state index in [-0.39, 0.29) is 11.9 Å². The van der Waals surface area contributed by atoms with Crippen molar-refractivity contribution in [2.24, 2.45) is 0 Å². The molecule has 0 saturated heterocycles. The molecule has 3 nitrogen and oxygen atoms in total. The zero-order valence-corrected chi connectivity index (χ0v) is 11.9. The van der Waals surface area contributed by atoms with Gasteiger partial charge in [-0.15, -0.1) is 0 Å². The number of carbonyl (C=O) groups excluding carboxylic acids is 1. The third-order valence-electron chi connectivity index (χ3n) is 2.61. The number of benzene rings is 1. The van der Waals surface area contributed by atoms with Gasteiger partial charge in [-0.25, -0.2) is 0 Å². The van der Waals surface area contributed by atoms with E-state index in [0.29, 0.717) is 22.9 Å². The molecule has 0 aliphatic heterocycles. The fraction of sp³-hybridized carbons (Fsp3) is 0.462. The lowest BCUT2D eigenvalue weighted by Gasteiger charge is -2.15. The molecule has 2 atom stereocenters. The van der Waals surface area contributed by atoms with Crippen molar-refractivity contribution in [2.45, 2.75) is 38.8 Å². The van der Waals surface area contributed by atoms with Crippen molar-refractivity contribution in [3.63, 3.8) is 0 Å². The lowest BCUT2D eigenvalue weighted by Crippen LogP contribution is -2.27. The highest BCUT2D eigenvalue weighted by atomic mass is 35.5. The Hall–Kier alpha value is -0.770. The average Bonchev–Trinajstić information content (AvgIpc) is 2.30. The number of hydrogen-bond donors (Lipinski definition) is 2. The number of amides is 1. The molecule has 5 heteroatoms. The summed E-state index contributed by atoms with van der Waals surface area (Å²) < 4.78 is 0. The maximum atomic E-state index is 11.6. The Kier molecular flexibility index (Phi) is 5.93. The standard InChI is InChI=1S/C13H17Cl2NO2/c1-8(17)3-6-13(18)16-9(2)10-4-5-11(14)12(15)7-10/h4-5,7-9,17H,3,6H2,1-2H3,(H,16,18). The Balaban J connectivity index is 2.56. The molecule has 0 saturated carbocycles. The molecule has 1 rings (SSSR count). The van der Waals surface area contributed by atoms with Crippen molar-refractivity contribution < 1.29 is 9.90 Å². The molecule has 0 spiro atoms. The van der Waals surface area contributed by atoms with Gasteiger partial charge in [-0.2, -0.15) is 0 Å². The number of aliphatic hydroxyl groups excluding tert-OH is 1. The minimum absolute atomic E-state index is 0.0885. The van der Waals surface area contributed by atoms with Gasteiger partial charge in [0.2, 0.25) is 5.91 Å². The molecule has 18 heavy (non-hydrogen) atoms. The molecule has 2 N–H and O–H groups in total. The summed E-state index contributed by atoms with van der Waals surface area (Å²) in [6.45, 7) is 3.54. The Morgan fingerprint density at radius 1 is 1.33 bits per heavy atom. The van der Waals surface area contributed by atoms with Crippen LogP contribution in [0.2, 0.25) is 10.0 Å². The van der Waals surface area contributed by atoms with Crippen molar-refractivity contribution in [3.8, 4) is 0 Å². The monoisotopic (exact) mass is 289 g/mol.